The van der Waals surface area contributed by atoms with Crippen LogP contribution in [-0.2, 0) is 17.6 Å². The Morgan fingerprint density at radius 1 is 1.25 bits per heavy atom. The van der Waals surface area contributed by atoms with Crippen molar-refractivity contribution in [3.8, 4) is 5.75 Å². The first-order valence-electron chi connectivity index (χ1n) is 8.19. The van der Waals surface area contributed by atoms with Gasteiger partial charge in [-0.05, 0) is 35.7 Å². The highest BCUT2D eigenvalue weighted by atomic mass is 16.5. The molecule has 0 aliphatic carbocycles. The van der Waals surface area contributed by atoms with Crippen LogP contribution < -0.4 is 15.4 Å². The Balaban J connectivity index is 1.94. The van der Waals surface area contributed by atoms with Crippen LogP contribution in [0.1, 0.15) is 18.1 Å². The largest absolute Gasteiger partial charge is 0.478 e. The van der Waals surface area contributed by atoms with Crippen molar-refractivity contribution >= 4 is 17.3 Å². The molecule has 4 nitrogen and oxygen atoms in total. The average Bonchev–Trinajstić information content (AvgIpc) is 2.59. The van der Waals surface area contributed by atoms with Gasteiger partial charge in [-0.15, -0.1) is 6.58 Å². The summed E-state index contributed by atoms with van der Waals surface area (Å²) in [6, 6.07) is 13.6. The molecule has 4 heteroatoms. The van der Waals surface area contributed by atoms with Gasteiger partial charge in [0, 0.05) is 18.7 Å². The summed E-state index contributed by atoms with van der Waals surface area (Å²) in [5.41, 5.74) is 9.57. The van der Waals surface area contributed by atoms with Crippen LogP contribution in [0.15, 0.2) is 55.1 Å². The minimum Gasteiger partial charge on any atom is -0.478 e. The molecule has 0 bridgehead atoms. The third-order valence-corrected chi connectivity index (χ3v) is 4.30. The molecule has 0 radical (unpaired) electrons. The third-order valence-electron chi connectivity index (χ3n) is 4.30. The molecule has 0 spiro atoms. The van der Waals surface area contributed by atoms with E-state index in [1.54, 1.807) is 23.1 Å². The zero-order valence-electron chi connectivity index (χ0n) is 13.9. The maximum atomic E-state index is 12.9. The van der Waals surface area contributed by atoms with Gasteiger partial charge < -0.3 is 15.4 Å². The third kappa shape index (κ3) is 3.00. The summed E-state index contributed by atoms with van der Waals surface area (Å²) in [6.45, 7) is 6.31. The van der Waals surface area contributed by atoms with Crippen LogP contribution in [0.4, 0.5) is 11.4 Å². The van der Waals surface area contributed by atoms with Gasteiger partial charge in [0.1, 0.15) is 5.75 Å². The molecule has 1 aliphatic heterocycles. The number of anilines is 2. The Bertz CT molecular complexity index is 770. The number of carbonyl (C=O) groups is 1. The number of nitrogens with zero attached hydrogens (tertiary/aromatic N) is 1. The van der Waals surface area contributed by atoms with Crippen molar-refractivity contribution in [1.29, 1.82) is 0 Å². The zero-order valence-corrected chi connectivity index (χ0v) is 13.9. The van der Waals surface area contributed by atoms with Gasteiger partial charge in [0.25, 0.3) is 5.91 Å². The molecular formula is C20H22N2O2. The molecule has 1 amide bonds. The van der Waals surface area contributed by atoms with Crippen LogP contribution in [0.25, 0.3) is 0 Å². The number of fused-ring (bicyclic) bond motifs is 1. The minimum absolute atomic E-state index is 0.0566. The summed E-state index contributed by atoms with van der Waals surface area (Å²) < 4.78 is 6.00. The number of ether oxygens (including phenoxy) is 1. The lowest BCUT2D eigenvalue weighted by atomic mass is 9.98. The molecule has 3 rings (SSSR count). The summed E-state index contributed by atoms with van der Waals surface area (Å²) >= 11 is 0. The van der Waals surface area contributed by atoms with Gasteiger partial charge in [0.05, 0.1) is 5.69 Å². The molecule has 0 fully saturated rings. The topological polar surface area (TPSA) is 55.6 Å². The first-order valence-corrected chi connectivity index (χ1v) is 8.19. The standard InChI is InChI=1S/C20H22N2O2/c1-3-11-22-17-13-16(21)9-10-18(17)24-19(20(22)23)12-15-8-6-5-7-14(15)4-2/h3,5-10,13,19H,1,4,11-12,21H2,2H3. The lowest BCUT2D eigenvalue weighted by Gasteiger charge is -2.34. The number of hydrogen-bond acceptors (Lipinski definition) is 3. The van der Waals surface area contributed by atoms with Crippen molar-refractivity contribution in [2.45, 2.75) is 25.9 Å². The SMILES string of the molecule is C=CCN1C(=O)C(Cc2ccccc2CC)Oc2ccc(N)cc21. The van der Waals surface area contributed by atoms with Crippen molar-refractivity contribution < 1.29 is 9.53 Å². The lowest BCUT2D eigenvalue weighted by molar-refractivity contribution is -0.126. The Labute approximate surface area is 142 Å². The Morgan fingerprint density at radius 2 is 2.00 bits per heavy atom. The van der Waals surface area contributed by atoms with Crippen molar-refractivity contribution in [2.24, 2.45) is 0 Å². The molecule has 0 saturated carbocycles. The Kier molecular flexibility index (Phi) is 4.56. The van der Waals surface area contributed by atoms with E-state index in [0.29, 0.717) is 30.1 Å². The smallest absolute Gasteiger partial charge is 0.268 e. The summed E-state index contributed by atoms with van der Waals surface area (Å²) in [4.78, 5) is 14.6. The molecule has 124 valence electrons. The van der Waals surface area contributed by atoms with Crippen LogP contribution in [-0.4, -0.2) is 18.6 Å². The number of aryl methyl sites for hydroxylation is 1. The maximum absolute atomic E-state index is 12.9. The monoisotopic (exact) mass is 322 g/mol. The zero-order chi connectivity index (χ0) is 17.1. The summed E-state index contributed by atoms with van der Waals surface area (Å²) in [5.74, 6) is 0.628. The second kappa shape index (κ2) is 6.79. The number of carbonyl (C=O) groups excluding carboxylic acids is 1. The van der Waals surface area contributed by atoms with Crippen molar-refractivity contribution in [3.05, 3.63) is 66.2 Å². The highest BCUT2D eigenvalue weighted by Gasteiger charge is 2.34. The molecule has 2 aromatic rings. The molecule has 2 aromatic carbocycles. The van der Waals surface area contributed by atoms with Crippen molar-refractivity contribution in [1.82, 2.24) is 0 Å². The van der Waals surface area contributed by atoms with E-state index in [-0.39, 0.29) is 5.91 Å². The van der Waals surface area contributed by atoms with E-state index < -0.39 is 6.10 Å². The van der Waals surface area contributed by atoms with Crippen LogP contribution in [0.2, 0.25) is 0 Å². The van der Waals surface area contributed by atoms with E-state index in [9.17, 15) is 4.79 Å². The molecule has 2 N–H and O–H groups in total. The fraction of sp³-hybridized carbons (Fsp3) is 0.250. The second-order valence-corrected chi connectivity index (χ2v) is 5.90. The van der Waals surface area contributed by atoms with E-state index in [0.717, 1.165) is 12.0 Å². The number of amides is 1. The highest BCUT2D eigenvalue weighted by Crippen LogP contribution is 2.36. The van der Waals surface area contributed by atoms with Crippen molar-refractivity contribution in [3.63, 3.8) is 0 Å². The predicted octanol–water partition coefficient (Wildman–Crippen LogP) is 3.35. The van der Waals surface area contributed by atoms with Crippen molar-refractivity contribution in [2.75, 3.05) is 17.2 Å². The summed E-state index contributed by atoms with van der Waals surface area (Å²) in [7, 11) is 0. The number of nitrogen functional groups attached to an aromatic ring is 1. The van der Waals surface area contributed by atoms with E-state index in [2.05, 4.69) is 25.6 Å². The molecule has 1 atom stereocenters. The average molecular weight is 322 g/mol. The van der Waals surface area contributed by atoms with Gasteiger partial charge in [-0.2, -0.15) is 0 Å². The van der Waals surface area contributed by atoms with Gasteiger partial charge in [0.2, 0.25) is 0 Å². The van der Waals surface area contributed by atoms with Crippen LogP contribution in [0.5, 0.6) is 5.75 Å². The first kappa shape index (κ1) is 16.1. The highest BCUT2D eigenvalue weighted by molar-refractivity contribution is 6.00. The summed E-state index contributed by atoms with van der Waals surface area (Å²) in [5, 5.41) is 0. The normalized spacial score (nSPS) is 16.5. The molecule has 0 saturated heterocycles. The maximum Gasteiger partial charge on any atom is 0.268 e. The first-order chi connectivity index (χ1) is 11.6. The molecule has 1 heterocycles. The van der Waals surface area contributed by atoms with E-state index in [1.165, 1.54) is 5.56 Å². The van der Waals surface area contributed by atoms with E-state index in [1.807, 2.05) is 18.2 Å². The fourth-order valence-electron chi connectivity index (χ4n) is 3.09. The molecule has 1 unspecified atom stereocenters. The number of nitrogens with two attached hydrogens (primary N) is 1. The van der Waals surface area contributed by atoms with Gasteiger partial charge in [0.15, 0.2) is 6.10 Å². The lowest BCUT2D eigenvalue weighted by Crippen LogP contribution is -2.47. The molecule has 1 aliphatic rings. The molecular weight excluding hydrogens is 300 g/mol. The van der Waals surface area contributed by atoms with Crippen LogP contribution in [0.3, 0.4) is 0 Å². The predicted molar refractivity (Wildman–Crippen MR) is 97.3 cm³/mol. The van der Waals surface area contributed by atoms with Crippen LogP contribution in [0, 0.1) is 0 Å². The van der Waals surface area contributed by atoms with Crippen LogP contribution >= 0.6 is 0 Å². The van der Waals surface area contributed by atoms with Gasteiger partial charge in [-0.1, -0.05) is 37.3 Å². The van der Waals surface area contributed by atoms with Gasteiger partial charge in [-0.3, -0.25) is 4.79 Å². The molecule has 24 heavy (non-hydrogen) atoms. The molecule has 0 aromatic heterocycles. The summed E-state index contributed by atoms with van der Waals surface area (Å²) in [6.07, 6.45) is 2.67. The number of hydrogen-bond donors (Lipinski definition) is 1. The van der Waals surface area contributed by atoms with E-state index >= 15 is 0 Å². The van der Waals surface area contributed by atoms with Gasteiger partial charge in [-0.25, -0.2) is 0 Å². The van der Waals surface area contributed by atoms with E-state index in [4.69, 9.17) is 10.5 Å². The second-order valence-electron chi connectivity index (χ2n) is 5.90. The minimum atomic E-state index is -0.534. The quantitative estimate of drug-likeness (QED) is 0.678. The fourth-order valence-corrected chi connectivity index (χ4v) is 3.09. The van der Waals surface area contributed by atoms with Gasteiger partial charge >= 0.3 is 0 Å². The Hall–Kier alpha value is -2.75. The number of benzene rings is 2. The number of rotatable bonds is 5. The Morgan fingerprint density at radius 3 is 2.71 bits per heavy atom.